The van der Waals surface area contributed by atoms with Crippen LogP contribution in [-0.2, 0) is 4.74 Å². The molecule has 0 aromatic carbocycles. The van der Waals surface area contributed by atoms with Crippen LogP contribution in [0.2, 0.25) is 0 Å². The van der Waals surface area contributed by atoms with Crippen molar-refractivity contribution < 1.29 is 9.84 Å². The van der Waals surface area contributed by atoms with Crippen LogP contribution in [0.25, 0.3) is 11.2 Å². The summed E-state index contributed by atoms with van der Waals surface area (Å²) in [6.07, 6.45) is 2.88. The number of nitrogens with two attached hydrogens (primary N) is 1. The standard InChI is InChI=1S/C9H11N5O2.K/c10-8-7-9(12-3-11-8)14(4-13-7)6-1-5(15)2-16-6;/h3-6,15H,1-2H2,(H2,10,11,12);/t5-,6+;/m0./s1. The summed E-state index contributed by atoms with van der Waals surface area (Å²) in [6, 6.07) is 0. The first kappa shape index (κ1) is 13.3. The van der Waals surface area contributed by atoms with E-state index < -0.39 is 6.10 Å². The number of anilines is 1. The van der Waals surface area contributed by atoms with E-state index in [2.05, 4.69) is 15.0 Å². The second kappa shape index (κ2) is 5.27. The van der Waals surface area contributed by atoms with Gasteiger partial charge in [-0.05, 0) is 0 Å². The molecule has 3 N–H and O–H groups in total. The Hall–Kier alpha value is -0.0936. The van der Waals surface area contributed by atoms with Crippen LogP contribution in [0.5, 0.6) is 0 Å². The molecule has 0 unspecified atom stereocenters. The van der Waals surface area contributed by atoms with Crippen LogP contribution in [0.3, 0.4) is 0 Å². The Kier molecular flexibility index (Phi) is 4.13. The normalized spacial score (nSPS) is 23.8. The second-order valence-electron chi connectivity index (χ2n) is 3.76. The van der Waals surface area contributed by atoms with Gasteiger partial charge < -0.3 is 15.6 Å². The Balaban J connectivity index is 0.00000108. The minimum absolute atomic E-state index is 0. The van der Waals surface area contributed by atoms with Crippen molar-refractivity contribution in [1.29, 1.82) is 0 Å². The fraction of sp³-hybridized carbons (Fsp3) is 0.444. The first-order valence-electron chi connectivity index (χ1n) is 4.98. The number of hydrogen-bond acceptors (Lipinski definition) is 6. The fourth-order valence-electron chi connectivity index (χ4n) is 1.87. The maximum Gasteiger partial charge on any atom is 0.167 e. The molecule has 0 saturated carbocycles. The summed E-state index contributed by atoms with van der Waals surface area (Å²) in [7, 11) is 0. The van der Waals surface area contributed by atoms with Gasteiger partial charge in [0, 0.05) is 57.8 Å². The van der Waals surface area contributed by atoms with E-state index in [1.165, 1.54) is 6.33 Å². The average molecular weight is 260 g/mol. The molecule has 1 aliphatic rings. The molecule has 1 radical (unpaired) electrons. The first-order chi connectivity index (χ1) is 7.75. The smallest absolute Gasteiger partial charge is 0.167 e. The molecule has 2 aromatic heterocycles. The van der Waals surface area contributed by atoms with Gasteiger partial charge >= 0.3 is 0 Å². The number of nitrogens with zero attached hydrogens (tertiary/aromatic N) is 4. The van der Waals surface area contributed by atoms with E-state index in [0.717, 1.165) is 0 Å². The Labute approximate surface area is 140 Å². The van der Waals surface area contributed by atoms with E-state index in [1.54, 1.807) is 10.9 Å². The van der Waals surface area contributed by atoms with Gasteiger partial charge in [0.05, 0.1) is 19.0 Å². The van der Waals surface area contributed by atoms with Gasteiger partial charge in [0.2, 0.25) is 0 Å². The van der Waals surface area contributed by atoms with Gasteiger partial charge in [0.1, 0.15) is 18.1 Å². The zero-order chi connectivity index (χ0) is 11.1. The largest absolute Gasteiger partial charge is 0.391 e. The molecule has 7 nitrogen and oxygen atoms in total. The maximum atomic E-state index is 9.41. The van der Waals surface area contributed by atoms with Crippen LogP contribution in [0.4, 0.5) is 5.82 Å². The number of imidazole rings is 1. The average Bonchev–Trinajstić information content (AvgIpc) is 2.84. The Morgan fingerprint density at radius 1 is 1.41 bits per heavy atom. The number of rotatable bonds is 1. The molecular formula is C9H11KN5O2. The molecule has 3 rings (SSSR count). The summed E-state index contributed by atoms with van der Waals surface area (Å²) in [5.41, 5.74) is 6.87. The number of fused-ring (bicyclic) bond motifs is 1. The minimum Gasteiger partial charge on any atom is -0.391 e. The number of hydrogen-bond donors (Lipinski definition) is 2. The third-order valence-corrected chi connectivity index (χ3v) is 2.65. The molecule has 0 bridgehead atoms. The number of aliphatic hydroxyl groups is 1. The van der Waals surface area contributed by atoms with Crippen LogP contribution in [0.1, 0.15) is 12.6 Å². The molecular weight excluding hydrogens is 249 g/mol. The Morgan fingerprint density at radius 3 is 2.94 bits per heavy atom. The van der Waals surface area contributed by atoms with E-state index in [1.807, 2.05) is 0 Å². The van der Waals surface area contributed by atoms with Crippen molar-refractivity contribution in [3.63, 3.8) is 0 Å². The number of aliphatic hydroxyl groups excluding tert-OH is 1. The van der Waals surface area contributed by atoms with Gasteiger partial charge in [-0.2, -0.15) is 0 Å². The van der Waals surface area contributed by atoms with E-state index in [0.29, 0.717) is 30.0 Å². The van der Waals surface area contributed by atoms with Crippen molar-refractivity contribution in [2.45, 2.75) is 18.8 Å². The van der Waals surface area contributed by atoms with Crippen molar-refractivity contribution in [1.82, 2.24) is 19.5 Å². The molecule has 17 heavy (non-hydrogen) atoms. The van der Waals surface area contributed by atoms with Crippen LogP contribution in [-0.4, -0.2) is 88.7 Å². The Morgan fingerprint density at radius 2 is 2.24 bits per heavy atom. The number of nitrogen functional groups attached to an aromatic ring is 1. The molecule has 0 amide bonds. The van der Waals surface area contributed by atoms with Gasteiger partial charge in [0.25, 0.3) is 0 Å². The fourth-order valence-corrected chi connectivity index (χ4v) is 1.87. The second-order valence-corrected chi connectivity index (χ2v) is 3.76. The van der Waals surface area contributed by atoms with Gasteiger partial charge in [-0.25, -0.2) is 15.0 Å². The van der Waals surface area contributed by atoms with Gasteiger partial charge in [-0.15, -0.1) is 0 Å². The summed E-state index contributed by atoms with van der Waals surface area (Å²) >= 11 is 0. The first-order valence-corrected chi connectivity index (χ1v) is 4.98. The third kappa shape index (κ3) is 2.39. The molecule has 8 heteroatoms. The molecule has 2 atom stereocenters. The molecule has 2 aromatic rings. The maximum absolute atomic E-state index is 9.41. The summed E-state index contributed by atoms with van der Waals surface area (Å²) < 4.78 is 7.20. The summed E-state index contributed by atoms with van der Waals surface area (Å²) in [6.45, 7) is 0.338. The van der Waals surface area contributed by atoms with Crippen molar-refractivity contribution in [2.75, 3.05) is 12.3 Å². The van der Waals surface area contributed by atoms with Crippen molar-refractivity contribution in [3.8, 4) is 0 Å². The topological polar surface area (TPSA) is 99.1 Å². The van der Waals surface area contributed by atoms with Crippen molar-refractivity contribution in [2.24, 2.45) is 0 Å². The number of aromatic nitrogens is 4. The van der Waals surface area contributed by atoms with Crippen molar-refractivity contribution >= 4 is 68.4 Å². The van der Waals surface area contributed by atoms with Crippen LogP contribution >= 0.6 is 0 Å². The zero-order valence-corrected chi connectivity index (χ0v) is 12.6. The van der Waals surface area contributed by atoms with E-state index in [-0.39, 0.29) is 57.6 Å². The van der Waals surface area contributed by atoms with E-state index in [9.17, 15) is 5.11 Å². The van der Waals surface area contributed by atoms with Crippen molar-refractivity contribution in [3.05, 3.63) is 12.7 Å². The van der Waals surface area contributed by atoms with Gasteiger partial charge in [0.15, 0.2) is 11.5 Å². The Bertz CT molecular complexity index is 531. The molecule has 1 aliphatic heterocycles. The van der Waals surface area contributed by atoms with Crippen LogP contribution in [0, 0.1) is 0 Å². The third-order valence-electron chi connectivity index (χ3n) is 2.65. The summed E-state index contributed by atoms with van der Waals surface area (Å²) in [5.74, 6) is 0.349. The SMILES string of the molecule is Nc1ncnc2c1ncn2[C@H]1C[C@H](O)CO1.[K]. The molecule has 0 spiro atoms. The predicted molar refractivity (Wildman–Crippen MR) is 61.1 cm³/mol. The molecule has 0 aliphatic carbocycles. The van der Waals surface area contributed by atoms with Crippen LogP contribution in [0.15, 0.2) is 12.7 Å². The van der Waals surface area contributed by atoms with Crippen LogP contribution < -0.4 is 5.73 Å². The molecule has 1 fully saturated rings. The summed E-state index contributed by atoms with van der Waals surface area (Å²) in [4.78, 5) is 12.1. The minimum atomic E-state index is -0.429. The monoisotopic (exact) mass is 260 g/mol. The van der Waals surface area contributed by atoms with E-state index in [4.69, 9.17) is 10.5 Å². The van der Waals surface area contributed by atoms with E-state index >= 15 is 0 Å². The van der Waals surface area contributed by atoms with Gasteiger partial charge in [-0.3, -0.25) is 4.57 Å². The zero-order valence-electron chi connectivity index (χ0n) is 9.45. The quantitative estimate of drug-likeness (QED) is 0.658. The summed E-state index contributed by atoms with van der Waals surface area (Å²) in [5, 5.41) is 9.41. The van der Waals surface area contributed by atoms with Gasteiger partial charge in [-0.1, -0.05) is 0 Å². The molecule has 1 saturated heterocycles. The molecule has 3 heterocycles. The number of ether oxygens (including phenoxy) is 1. The predicted octanol–water partition coefficient (Wildman–Crippen LogP) is -0.693. The molecule has 85 valence electrons.